The van der Waals surface area contributed by atoms with Crippen LogP contribution in [0.3, 0.4) is 0 Å². The number of nitrogens with two attached hydrogens (primary N) is 1. The third kappa shape index (κ3) is 6.55. The average Bonchev–Trinajstić information content (AvgIpc) is 3.45. The molecule has 1 amide bonds. The van der Waals surface area contributed by atoms with Crippen LogP contribution in [-0.4, -0.2) is 83.4 Å². The summed E-state index contributed by atoms with van der Waals surface area (Å²) in [7, 11) is 0. The summed E-state index contributed by atoms with van der Waals surface area (Å²) in [6.45, 7) is 8.47. The fraction of sp³-hybridized carbons (Fsp3) is 0.364. The highest BCUT2D eigenvalue weighted by Gasteiger charge is 2.33. The number of amides is 1. The molecule has 0 radical (unpaired) electrons. The van der Waals surface area contributed by atoms with Gasteiger partial charge in [-0.3, -0.25) is 9.69 Å². The smallest absolute Gasteiger partial charge is 0.264 e. The number of nitriles is 1. The van der Waals surface area contributed by atoms with Gasteiger partial charge in [0.1, 0.15) is 46.8 Å². The van der Waals surface area contributed by atoms with E-state index in [4.69, 9.17) is 15.6 Å². The van der Waals surface area contributed by atoms with Gasteiger partial charge in [0.15, 0.2) is 5.65 Å². The quantitative estimate of drug-likeness (QED) is 0.115. The van der Waals surface area contributed by atoms with Crippen molar-refractivity contribution in [1.82, 2.24) is 32.7 Å². The fourth-order valence-corrected chi connectivity index (χ4v) is 6.60. The number of aromatic nitrogens is 4. The predicted molar refractivity (Wildman–Crippen MR) is 181 cm³/mol. The van der Waals surface area contributed by atoms with E-state index >= 15 is 4.39 Å². The molecule has 0 saturated carbocycles. The number of hydrogen-bond donors (Lipinski definition) is 1. The highest BCUT2D eigenvalue weighted by Crippen LogP contribution is 2.36. The Morgan fingerprint density at radius 1 is 1.11 bits per heavy atom. The van der Waals surface area contributed by atoms with Crippen molar-refractivity contribution in [2.75, 3.05) is 45.0 Å². The predicted octanol–water partition coefficient (Wildman–Crippen LogP) is 5.37. The second-order valence-corrected chi connectivity index (χ2v) is 13.4. The highest BCUT2D eigenvalue weighted by molar-refractivity contribution is 14.1. The van der Waals surface area contributed by atoms with Gasteiger partial charge in [-0.15, -0.1) is 0 Å². The summed E-state index contributed by atoms with van der Waals surface area (Å²) < 4.78 is 25.4. The number of piperazine rings is 1. The van der Waals surface area contributed by atoms with Crippen LogP contribution in [0.25, 0.3) is 22.3 Å². The largest absolute Gasteiger partial charge is 0.457 e. The van der Waals surface area contributed by atoms with Gasteiger partial charge in [-0.1, -0.05) is 18.2 Å². The fourth-order valence-electron chi connectivity index (χ4n) is 6.17. The van der Waals surface area contributed by atoms with Gasteiger partial charge in [-0.2, -0.15) is 10.4 Å². The molecule has 0 spiro atoms. The number of benzene rings is 2. The molecule has 2 aromatic heterocycles. The van der Waals surface area contributed by atoms with Crippen molar-refractivity contribution in [2.24, 2.45) is 0 Å². The van der Waals surface area contributed by atoms with Crippen molar-refractivity contribution in [3.8, 4) is 28.8 Å². The molecule has 2 fully saturated rings. The lowest BCUT2D eigenvalue weighted by atomic mass is 9.97. The zero-order chi connectivity index (χ0) is 32.4. The molecule has 4 heterocycles. The molecule has 0 unspecified atom stereocenters. The number of likely N-dealkylation sites (tertiary alicyclic amines) is 1. The SMILES string of the molecule is CC(C)(/C=C(\C#N)C(=O)N1CCC[C@@H](n2nc(-c3ccc(Oc4ccccc4)cc3F)c3c(N)ncnc32)C1)N1CCN(I)CC1. The molecule has 6 rings (SSSR count). The summed E-state index contributed by atoms with van der Waals surface area (Å²) >= 11 is 2.32. The summed E-state index contributed by atoms with van der Waals surface area (Å²) in [5.41, 5.74) is 6.98. The van der Waals surface area contributed by atoms with Crippen molar-refractivity contribution in [3.05, 3.63) is 72.3 Å². The minimum atomic E-state index is -0.532. The monoisotopic (exact) mass is 735 g/mol. The number of rotatable bonds is 7. The van der Waals surface area contributed by atoms with Gasteiger partial charge in [0.05, 0.1) is 11.4 Å². The first-order valence-corrected chi connectivity index (χ1v) is 16.2. The summed E-state index contributed by atoms with van der Waals surface area (Å²) in [6.07, 6.45) is 4.57. The molecule has 2 aliphatic heterocycles. The molecule has 2 aromatic carbocycles. The van der Waals surface area contributed by atoms with Gasteiger partial charge in [-0.05, 0) is 57.0 Å². The molecule has 4 aromatic rings. The molecule has 46 heavy (non-hydrogen) atoms. The third-order valence-electron chi connectivity index (χ3n) is 8.61. The van der Waals surface area contributed by atoms with E-state index in [2.05, 4.69) is 46.9 Å². The summed E-state index contributed by atoms with van der Waals surface area (Å²) in [6, 6.07) is 15.6. The zero-order valence-corrected chi connectivity index (χ0v) is 27.9. The van der Waals surface area contributed by atoms with Crippen LogP contribution in [0.1, 0.15) is 32.7 Å². The highest BCUT2D eigenvalue weighted by atomic mass is 127. The second kappa shape index (κ2) is 13.3. The van der Waals surface area contributed by atoms with Gasteiger partial charge in [0, 0.05) is 79.3 Å². The summed E-state index contributed by atoms with van der Waals surface area (Å²) in [5, 5.41) is 15.3. The van der Waals surface area contributed by atoms with E-state index in [1.807, 2.05) is 32.0 Å². The van der Waals surface area contributed by atoms with Gasteiger partial charge in [-0.25, -0.2) is 22.2 Å². The van der Waals surface area contributed by atoms with Crippen molar-refractivity contribution < 1.29 is 13.9 Å². The molecule has 2 saturated heterocycles. The Morgan fingerprint density at radius 2 is 1.87 bits per heavy atom. The third-order valence-corrected chi connectivity index (χ3v) is 9.58. The van der Waals surface area contributed by atoms with Crippen molar-refractivity contribution in [2.45, 2.75) is 38.3 Å². The van der Waals surface area contributed by atoms with Crippen LogP contribution < -0.4 is 10.5 Å². The first-order chi connectivity index (χ1) is 22.1. The number of carbonyl (C=O) groups is 1. The number of carbonyl (C=O) groups excluding carboxylic acids is 1. The Kier molecular flexibility index (Phi) is 9.21. The van der Waals surface area contributed by atoms with Crippen molar-refractivity contribution in [3.63, 3.8) is 0 Å². The Bertz CT molecular complexity index is 1810. The molecule has 0 bridgehead atoms. The van der Waals surface area contributed by atoms with E-state index in [9.17, 15) is 10.1 Å². The number of nitrogen functional groups attached to an aromatic ring is 1. The van der Waals surface area contributed by atoms with E-state index < -0.39 is 11.4 Å². The maximum absolute atomic E-state index is 15.6. The molecule has 238 valence electrons. The molecular weight excluding hydrogens is 700 g/mol. The van der Waals surface area contributed by atoms with E-state index in [1.165, 1.54) is 12.4 Å². The number of ether oxygens (including phenoxy) is 1. The van der Waals surface area contributed by atoms with Crippen molar-refractivity contribution >= 4 is 45.6 Å². The lowest BCUT2D eigenvalue weighted by Gasteiger charge is -2.41. The van der Waals surface area contributed by atoms with Crippen LogP contribution in [-0.2, 0) is 4.79 Å². The average molecular weight is 736 g/mol. The molecular formula is C33H35FIN9O2. The van der Waals surface area contributed by atoms with Crippen LogP contribution in [0, 0.1) is 17.1 Å². The van der Waals surface area contributed by atoms with Gasteiger partial charge < -0.3 is 15.4 Å². The lowest BCUT2D eigenvalue weighted by Crippen LogP contribution is -2.52. The van der Waals surface area contributed by atoms with E-state index in [-0.39, 0.29) is 28.9 Å². The van der Waals surface area contributed by atoms with Gasteiger partial charge >= 0.3 is 0 Å². The summed E-state index contributed by atoms with van der Waals surface area (Å²) in [4.78, 5) is 26.4. The Balaban J connectivity index is 1.27. The number of nitrogens with zero attached hydrogens (tertiary/aromatic N) is 8. The van der Waals surface area contributed by atoms with Gasteiger partial charge in [0.2, 0.25) is 0 Å². The molecule has 0 aliphatic carbocycles. The number of fused-ring (bicyclic) bond motifs is 1. The maximum Gasteiger partial charge on any atom is 0.264 e. The van der Waals surface area contributed by atoms with Crippen molar-refractivity contribution in [1.29, 1.82) is 5.26 Å². The van der Waals surface area contributed by atoms with Crippen LogP contribution >= 0.6 is 22.9 Å². The first kappa shape index (κ1) is 31.8. The number of anilines is 1. The van der Waals surface area contributed by atoms with Gasteiger partial charge in [0.25, 0.3) is 5.91 Å². The van der Waals surface area contributed by atoms with E-state index in [0.717, 1.165) is 26.2 Å². The van der Waals surface area contributed by atoms with E-state index in [0.29, 0.717) is 54.2 Å². The van der Waals surface area contributed by atoms with Crippen LogP contribution in [0.4, 0.5) is 10.2 Å². The molecule has 2 N–H and O–H groups in total. The number of piperidine rings is 1. The van der Waals surface area contributed by atoms with E-state index in [1.54, 1.807) is 39.9 Å². The van der Waals surface area contributed by atoms with Crippen LogP contribution in [0.5, 0.6) is 11.5 Å². The zero-order valence-electron chi connectivity index (χ0n) is 25.7. The number of halogens is 2. The Labute approximate surface area is 280 Å². The second-order valence-electron chi connectivity index (χ2n) is 12.1. The molecule has 11 nitrogen and oxygen atoms in total. The molecule has 1 atom stereocenters. The van der Waals surface area contributed by atoms with Crippen LogP contribution in [0.2, 0.25) is 0 Å². The van der Waals surface area contributed by atoms with Crippen LogP contribution in [0.15, 0.2) is 66.5 Å². The topological polar surface area (TPSA) is 129 Å². The maximum atomic E-state index is 15.6. The molecule has 13 heteroatoms. The number of para-hydroxylation sites is 1. The Hall–Kier alpha value is -4.13. The first-order valence-electron chi connectivity index (χ1n) is 15.2. The molecule has 2 aliphatic rings. The number of hydrogen-bond acceptors (Lipinski definition) is 9. The standard InChI is InChI=1S/C33H35FIN9O2/c1-33(2,42-13-15-43(35)16-14-42)18-22(19-36)32(45)41-12-6-7-23(20-41)44-31-28(30(37)38-21-39-31)29(40-44)26-11-10-25(17-27(26)34)46-24-8-4-3-5-9-24/h3-5,8-11,17-18,21,23H,6-7,12-16,20H2,1-2H3,(H2,37,38,39)/b22-18+/t23-/m1/s1. The normalized spacial score (nSPS) is 18.5. The lowest BCUT2D eigenvalue weighted by molar-refractivity contribution is -0.128. The Morgan fingerprint density at radius 3 is 2.59 bits per heavy atom. The minimum Gasteiger partial charge on any atom is -0.457 e. The minimum absolute atomic E-state index is 0.125. The summed E-state index contributed by atoms with van der Waals surface area (Å²) in [5.74, 6) is 0.280.